The summed E-state index contributed by atoms with van der Waals surface area (Å²) in [6.45, 7) is 0. The van der Waals surface area contributed by atoms with Crippen LogP contribution in [-0.4, -0.2) is 31.3 Å². The summed E-state index contributed by atoms with van der Waals surface area (Å²) in [5.41, 5.74) is 5.94. The van der Waals surface area contributed by atoms with Crippen molar-refractivity contribution in [3.8, 4) is 11.5 Å². The minimum Gasteiger partial charge on any atom is -0.493 e. The van der Waals surface area contributed by atoms with Crippen molar-refractivity contribution in [3.05, 3.63) is 83.4 Å². The first-order valence-electron chi connectivity index (χ1n) is 9.79. The minimum absolute atomic E-state index is 0.284. The predicted octanol–water partition coefficient (Wildman–Crippen LogP) is 5.37. The lowest BCUT2D eigenvalue weighted by molar-refractivity contribution is 0.0955. The van der Waals surface area contributed by atoms with E-state index >= 15 is 0 Å². The monoisotopic (exact) mass is 463 g/mol. The number of aromatic nitrogens is 1. The molecule has 0 spiro atoms. The Kier molecular flexibility index (Phi) is 7.03. The number of para-hydroxylation sites is 2. The van der Waals surface area contributed by atoms with Crippen LogP contribution in [0.25, 0.3) is 10.2 Å². The van der Waals surface area contributed by atoms with Gasteiger partial charge >= 0.3 is 0 Å². The van der Waals surface area contributed by atoms with Crippen LogP contribution in [0.1, 0.15) is 21.5 Å². The van der Waals surface area contributed by atoms with Gasteiger partial charge in [-0.15, -0.1) is 11.3 Å². The zero-order valence-electron chi connectivity index (χ0n) is 17.6. The molecular formula is C24H21N3O3S2. The maximum absolute atomic E-state index is 12.4. The molecule has 0 bridgehead atoms. The first kappa shape index (κ1) is 21.9. The van der Waals surface area contributed by atoms with Gasteiger partial charge in [0.05, 0.1) is 30.7 Å². The zero-order valence-corrected chi connectivity index (χ0v) is 19.2. The molecule has 0 aliphatic carbocycles. The van der Waals surface area contributed by atoms with Crippen LogP contribution >= 0.6 is 23.1 Å². The van der Waals surface area contributed by atoms with Crippen LogP contribution in [0.4, 0.5) is 0 Å². The van der Waals surface area contributed by atoms with Gasteiger partial charge in [0.15, 0.2) is 15.8 Å². The molecule has 0 aliphatic rings. The molecule has 0 atom stereocenters. The van der Waals surface area contributed by atoms with Crippen molar-refractivity contribution in [2.24, 2.45) is 5.10 Å². The van der Waals surface area contributed by atoms with Gasteiger partial charge in [-0.25, -0.2) is 10.4 Å². The van der Waals surface area contributed by atoms with E-state index in [0.717, 1.165) is 21.2 Å². The smallest absolute Gasteiger partial charge is 0.271 e. The third-order valence-electron chi connectivity index (χ3n) is 4.66. The Morgan fingerprint density at radius 2 is 1.88 bits per heavy atom. The lowest BCUT2D eigenvalue weighted by atomic mass is 10.1. The van der Waals surface area contributed by atoms with Crippen molar-refractivity contribution in [1.82, 2.24) is 10.4 Å². The van der Waals surface area contributed by atoms with Crippen LogP contribution < -0.4 is 14.9 Å². The zero-order chi connectivity index (χ0) is 22.3. The van der Waals surface area contributed by atoms with Gasteiger partial charge < -0.3 is 9.47 Å². The summed E-state index contributed by atoms with van der Waals surface area (Å²) in [6, 6.07) is 21.1. The number of nitrogens with zero attached hydrogens (tertiary/aromatic N) is 2. The molecule has 1 amide bonds. The Balaban J connectivity index is 1.34. The normalized spacial score (nSPS) is 11.1. The number of nitrogens with one attached hydrogen (secondary N) is 1. The van der Waals surface area contributed by atoms with Crippen LogP contribution in [0.15, 0.2) is 76.2 Å². The summed E-state index contributed by atoms with van der Waals surface area (Å²) in [6.07, 6.45) is 1.53. The van der Waals surface area contributed by atoms with Gasteiger partial charge in [0.2, 0.25) is 0 Å². The number of hydrogen-bond acceptors (Lipinski definition) is 7. The number of carbonyl (C=O) groups is 1. The fourth-order valence-electron chi connectivity index (χ4n) is 3.05. The van der Waals surface area contributed by atoms with E-state index in [1.807, 2.05) is 42.5 Å². The van der Waals surface area contributed by atoms with Crippen molar-refractivity contribution in [1.29, 1.82) is 0 Å². The minimum atomic E-state index is -0.284. The molecule has 0 radical (unpaired) electrons. The van der Waals surface area contributed by atoms with Gasteiger partial charge in [0, 0.05) is 16.9 Å². The molecule has 0 fully saturated rings. The van der Waals surface area contributed by atoms with E-state index in [9.17, 15) is 4.79 Å². The number of thioether (sulfide) groups is 1. The number of ether oxygens (including phenoxy) is 2. The molecule has 32 heavy (non-hydrogen) atoms. The molecule has 162 valence electrons. The second-order valence-electron chi connectivity index (χ2n) is 6.71. The molecule has 0 aliphatic heterocycles. The van der Waals surface area contributed by atoms with E-state index < -0.39 is 0 Å². The van der Waals surface area contributed by atoms with E-state index in [2.05, 4.69) is 21.6 Å². The number of rotatable bonds is 8. The number of hydrogen-bond donors (Lipinski definition) is 1. The molecule has 4 rings (SSSR count). The lowest BCUT2D eigenvalue weighted by Crippen LogP contribution is -2.17. The Labute approximate surface area is 194 Å². The van der Waals surface area contributed by atoms with Gasteiger partial charge in [0.25, 0.3) is 5.91 Å². The standard InChI is InChI=1S/C24H21N3O3S2/c1-29-20-8-5-6-18(22(20)30-2)14-25-27-23(28)17-12-10-16(11-13-17)15-31-24-26-19-7-3-4-9-21(19)32-24/h3-14H,15H2,1-2H3,(H,27,28). The Hall–Kier alpha value is -3.36. The lowest BCUT2D eigenvalue weighted by Gasteiger charge is -2.09. The highest BCUT2D eigenvalue weighted by atomic mass is 32.2. The highest BCUT2D eigenvalue weighted by Crippen LogP contribution is 2.31. The van der Waals surface area contributed by atoms with Crippen molar-refractivity contribution in [2.45, 2.75) is 10.1 Å². The molecule has 0 unspecified atom stereocenters. The Morgan fingerprint density at radius 3 is 2.62 bits per heavy atom. The van der Waals surface area contributed by atoms with Crippen LogP contribution in [0.3, 0.4) is 0 Å². The topological polar surface area (TPSA) is 72.8 Å². The molecule has 6 nitrogen and oxygen atoms in total. The second kappa shape index (κ2) is 10.3. The molecule has 3 aromatic carbocycles. The fraction of sp³-hybridized carbons (Fsp3) is 0.125. The molecule has 8 heteroatoms. The molecule has 4 aromatic rings. The average molecular weight is 464 g/mol. The second-order valence-corrected chi connectivity index (χ2v) is 8.97. The predicted molar refractivity (Wildman–Crippen MR) is 130 cm³/mol. The summed E-state index contributed by atoms with van der Waals surface area (Å²) in [7, 11) is 3.13. The average Bonchev–Trinajstić information content (AvgIpc) is 3.26. The largest absolute Gasteiger partial charge is 0.493 e. The van der Waals surface area contributed by atoms with Gasteiger partial charge in [-0.2, -0.15) is 5.10 Å². The van der Waals surface area contributed by atoms with Crippen molar-refractivity contribution in [2.75, 3.05) is 14.2 Å². The summed E-state index contributed by atoms with van der Waals surface area (Å²) >= 11 is 3.38. The maximum Gasteiger partial charge on any atom is 0.271 e. The molecule has 1 heterocycles. The number of fused-ring (bicyclic) bond motifs is 1. The van der Waals surface area contributed by atoms with E-state index in [4.69, 9.17) is 9.47 Å². The number of carbonyl (C=O) groups excluding carboxylic acids is 1. The summed E-state index contributed by atoms with van der Waals surface area (Å²) in [5.74, 6) is 1.66. The van der Waals surface area contributed by atoms with Crippen molar-refractivity contribution >= 4 is 45.4 Å². The molecule has 1 aromatic heterocycles. The fourth-order valence-corrected chi connectivity index (χ4v) is 5.07. The van der Waals surface area contributed by atoms with Crippen LogP contribution in [-0.2, 0) is 5.75 Å². The summed E-state index contributed by atoms with van der Waals surface area (Å²) in [4.78, 5) is 17.0. The molecule has 1 N–H and O–H groups in total. The van der Waals surface area contributed by atoms with E-state index in [-0.39, 0.29) is 5.91 Å². The molecule has 0 saturated carbocycles. The first-order chi connectivity index (χ1) is 15.7. The van der Waals surface area contributed by atoms with Crippen molar-refractivity contribution < 1.29 is 14.3 Å². The third kappa shape index (κ3) is 5.09. The number of hydrazone groups is 1. The van der Waals surface area contributed by atoms with Gasteiger partial charge in [-0.05, 0) is 42.0 Å². The van der Waals surface area contributed by atoms with Crippen molar-refractivity contribution in [3.63, 3.8) is 0 Å². The van der Waals surface area contributed by atoms with Gasteiger partial charge in [-0.1, -0.05) is 42.1 Å². The summed E-state index contributed by atoms with van der Waals surface area (Å²) < 4.78 is 12.9. The van der Waals surface area contributed by atoms with Crippen LogP contribution in [0.5, 0.6) is 11.5 Å². The van der Waals surface area contributed by atoms with E-state index in [1.54, 1.807) is 55.5 Å². The van der Waals surface area contributed by atoms with E-state index in [1.165, 1.54) is 10.9 Å². The summed E-state index contributed by atoms with van der Waals surface area (Å²) in [5, 5.41) is 4.05. The Morgan fingerprint density at radius 1 is 1.06 bits per heavy atom. The first-order valence-corrected chi connectivity index (χ1v) is 11.6. The van der Waals surface area contributed by atoms with Crippen LogP contribution in [0, 0.1) is 0 Å². The highest BCUT2D eigenvalue weighted by Gasteiger charge is 2.09. The SMILES string of the molecule is COc1cccc(C=NNC(=O)c2ccc(CSc3nc4ccccc4s3)cc2)c1OC. The number of benzene rings is 3. The quantitative estimate of drug-likeness (QED) is 0.216. The van der Waals surface area contributed by atoms with Crippen LogP contribution in [0.2, 0.25) is 0 Å². The Bertz CT molecular complexity index is 1220. The highest BCUT2D eigenvalue weighted by molar-refractivity contribution is 8.00. The maximum atomic E-state index is 12.4. The third-order valence-corrected chi connectivity index (χ3v) is 6.91. The molecule has 0 saturated heterocycles. The van der Waals surface area contributed by atoms with E-state index in [0.29, 0.717) is 22.6 Å². The number of methoxy groups -OCH3 is 2. The van der Waals surface area contributed by atoms with Gasteiger partial charge in [-0.3, -0.25) is 4.79 Å². The number of amides is 1. The number of thiazole rings is 1. The van der Waals surface area contributed by atoms with Gasteiger partial charge in [0.1, 0.15) is 0 Å². The molecular weight excluding hydrogens is 442 g/mol.